The van der Waals surface area contributed by atoms with Crippen molar-refractivity contribution in [3.63, 3.8) is 0 Å². The summed E-state index contributed by atoms with van der Waals surface area (Å²) in [4.78, 5) is 26.3. The molecule has 1 fully saturated rings. The third-order valence-corrected chi connectivity index (χ3v) is 5.97. The highest BCUT2D eigenvalue weighted by molar-refractivity contribution is 5.78. The Morgan fingerprint density at radius 1 is 0.939 bits per heavy atom. The fourth-order valence-corrected chi connectivity index (χ4v) is 4.27. The van der Waals surface area contributed by atoms with E-state index in [0.29, 0.717) is 18.0 Å². The molecule has 0 atom stereocenters. The molecular formula is C26H34N2O5. The Bertz CT molecular complexity index is 969. The predicted molar refractivity (Wildman–Crippen MR) is 127 cm³/mol. The summed E-state index contributed by atoms with van der Waals surface area (Å²) in [7, 11) is 1.54. The maximum atomic E-state index is 13.3. The summed E-state index contributed by atoms with van der Waals surface area (Å²) in [5.41, 5.74) is 8.27. The van der Waals surface area contributed by atoms with Gasteiger partial charge in [0.1, 0.15) is 5.75 Å². The monoisotopic (exact) mass is 454 g/mol. The molecule has 0 aromatic heterocycles. The van der Waals surface area contributed by atoms with Crippen molar-refractivity contribution in [2.75, 3.05) is 20.3 Å². The molecule has 7 heteroatoms. The molecule has 33 heavy (non-hydrogen) atoms. The first-order chi connectivity index (χ1) is 15.9. The maximum Gasteiger partial charge on any atom is 0.261 e. The van der Waals surface area contributed by atoms with Crippen LogP contribution < -0.4 is 19.9 Å². The number of nitrogens with zero attached hydrogens (tertiary/aromatic N) is 1. The van der Waals surface area contributed by atoms with Gasteiger partial charge in [0.25, 0.3) is 11.8 Å². The molecule has 1 saturated carbocycles. The molecule has 3 rings (SSSR count). The predicted octanol–water partition coefficient (Wildman–Crippen LogP) is 3.92. The molecule has 178 valence electrons. The molecule has 1 aliphatic carbocycles. The number of hydrogen-bond acceptors (Lipinski definition) is 5. The number of carbonyl (C=O) groups is 2. The number of benzene rings is 2. The topological polar surface area (TPSA) is 91.1 Å². The molecule has 0 unspecified atom stereocenters. The van der Waals surface area contributed by atoms with Gasteiger partial charge in [-0.15, -0.1) is 0 Å². The van der Waals surface area contributed by atoms with Crippen LogP contribution in [0, 0.1) is 13.8 Å². The van der Waals surface area contributed by atoms with Gasteiger partial charge in [-0.05, 0) is 56.0 Å². The largest absolute Gasteiger partial charge is 0.493 e. The summed E-state index contributed by atoms with van der Waals surface area (Å²) in [5, 5.41) is 0. The SMILES string of the molecule is COc1cc(CN(C(=O)COc2ccc(C)cc2C)C2CCCCC2)ccc1OCC(N)=O. The molecule has 7 nitrogen and oxygen atoms in total. The van der Waals surface area contributed by atoms with Gasteiger partial charge in [-0.3, -0.25) is 9.59 Å². The Balaban J connectivity index is 1.74. The van der Waals surface area contributed by atoms with Crippen LogP contribution in [-0.2, 0) is 16.1 Å². The van der Waals surface area contributed by atoms with E-state index in [4.69, 9.17) is 19.9 Å². The number of carbonyl (C=O) groups excluding carboxylic acids is 2. The molecule has 0 aliphatic heterocycles. The van der Waals surface area contributed by atoms with E-state index < -0.39 is 5.91 Å². The zero-order chi connectivity index (χ0) is 23.8. The molecule has 2 amide bonds. The van der Waals surface area contributed by atoms with E-state index in [1.165, 1.54) is 13.5 Å². The summed E-state index contributed by atoms with van der Waals surface area (Å²) < 4.78 is 16.8. The number of hydrogen-bond donors (Lipinski definition) is 1. The van der Waals surface area contributed by atoms with Crippen molar-refractivity contribution >= 4 is 11.8 Å². The Labute approximate surface area is 195 Å². The third-order valence-electron chi connectivity index (χ3n) is 5.97. The zero-order valence-electron chi connectivity index (χ0n) is 19.8. The molecule has 0 spiro atoms. The van der Waals surface area contributed by atoms with Gasteiger partial charge in [-0.2, -0.15) is 0 Å². The molecular weight excluding hydrogens is 420 g/mol. The summed E-state index contributed by atoms with van der Waals surface area (Å²) in [6.45, 7) is 4.24. The third kappa shape index (κ3) is 6.88. The van der Waals surface area contributed by atoms with Crippen molar-refractivity contribution in [1.29, 1.82) is 0 Å². The van der Waals surface area contributed by atoms with Gasteiger partial charge >= 0.3 is 0 Å². The lowest BCUT2D eigenvalue weighted by Gasteiger charge is -2.34. The Morgan fingerprint density at radius 3 is 2.30 bits per heavy atom. The fourth-order valence-electron chi connectivity index (χ4n) is 4.27. The van der Waals surface area contributed by atoms with Crippen LogP contribution in [0.25, 0.3) is 0 Å². The first kappa shape index (κ1) is 24.4. The Morgan fingerprint density at radius 2 is 1.64 bits per heavy atom. The van der Waals surface area contributed by atoms with Crippen LogP contribution >= 0.6 is 0 Å². The van der Waals surface area contributed by atoms with E-state index in [-0.39, 0.29) is 25.2 Å². The summed E-state index contributed by atoms with van der Waals surface area (Å²) in [5.74, 6) is 1.08. The molecule has 0 heterocycles. The molecule has 1 aliphatic rings. The van der Waals surface area contributed by atoms with E-state index in [2.05, 4.69) is 0 Å². The van der Waals surface area contributed by atoms with Crippen LogP contribution in [0.5, 0.6) is 17.2 Å². The number of rotatable bonds is 10. The number of aryl methyl sites for hydroxylation is 2. The Hall–Kier alpha value is -3.22. The summed E-state index contributed by atoms with van der Waals surface area (Å²) in [6, 6.07) is 11.6. The quantitative estimate of drug-likeness (QED) is 0.588. The first-order valence-corrected chi connectivity index (χ1v) is 11.4. The average molecular weight is 455 g/mol. The van der Waals surface area contributed by atoms with Crippen molar-refractivity contribution in [2.24, 2.45) is 5.73 Å². The average Bonchev–Trinajstić information content (AvgIpc) is 2.81. The van der Waals surface area contributed by atoms with E-state index >= 15 is 0 Å². The van der Waals surface area contributed by atoms with Crippen LogP contribution in [0.15, 0.2) is 36.4 Å². The van der Waals surface area contributed by atoms with Crippen molar-refractivity contribution in [3.8, 4) is 17.2 Å². The number of methoxy groups -OCH3 is 1. The lowest BCUT2D eigenvalue weighted by atomic mass is 9.93. The van der Waals surface area contributed by atoms with Crippen molar-refractivity contribution in [1.82, 2.24) is 4.90 Å². The van der Waals surface area contributed by atoms with Crippen molar-refractivity contribution in [2.45, 2.75) is 58.5 Å². The molecule has 2 aromatic carbocycles. The molecule has 2 N–H and O–H groups in total. The van der Waals surface area contributed by atoms with E-state index in [9.17, 15) is 9.59 Å². The molecule has 0 saturated heterocycles. The Kier molecular flexibility index (Phi) is 8.58. The van der Waals surface area contributed by atoms with Crippen LogP contribution in [0.4, 0.5) is 0 Å². The fraction of sp³-hybridized carbons (Fsp3) is 0.462. The lowest BCUT2D eigenvalue weighted by molar-refractivity contribution is -0.137. The van der Waals surface area contributed by atoms with Gasteiger partial charge < -0.3 is 24.8 Å². The van der Waals surface area contributed by atoms with Crippen molar-refractivity contribution < 1.29 is 23.8 Å². The van der Waals surface area contributed by atoms with Crippen LogP contribution in [0.2, 0.25) is 0 Å². The first-order valence-electron chi connectivity index (χ1n) is 11.4. The second kappa shape index (κ2) is 11.6. The minimum atomic E-state index is -0.556. The number of amides is 2. The second-order valence-electron chi connectivity index (χ2n) is 8.61. The molecule has 0 bridgehead atoms. The van der Waals surface area contributed by atoms with E-state index in [0.717, 1.165) is 48.1 Å². The minimum absolute atomic E-state index is 0.00264. The minimum Gasteiger partial charge on any atom is -0.493 e. The molecule has 0 radical (unpaired) electrons. The number of nitrogens with two attached hydrogens (primary N) is 1. The maximum absolute atomic E-state index is 13.3. The van der Waals surface area contributed by atoms with Gasteiger partial charge in [0.2, 0.25) is 0 Å². The zero-order valence-corrected chi connectivity index (χ0v) is 19.8. The van der Waals surface area contributed by atoms with Gasteiger partial charge in [-0.1, -0.05) is 43.0 Å². The van der Waals surface area contributed by atoms with Crippen LogP contribution in [0.3, 0.4) is 0 Å². The molecule has 2 aromatic rings. The highest BCUT2D eigenvalue weighted by Gasteiger charge is 2.26. The highest BCUT2D eigenvalue weighted by Crippen LogP contribution is 2.30. The van der Waals surface area contributed by atoms with Crippen molar-refractivity contribution in [3.05, 3.63) is 53.1 Å². The van der Waals surface area contributed by atoms with Gasteiger partial charge in [-0.25, -0.2) is 0 Å². The number of primary amides is 1. The summed E-state index contributed by atoms with van der Waals surface area (Å²) >= 11 is 0. The van der Waals surface area contributed by atoms with Gasteiger partial charge in [0, 0.05) is 12.6 Å². The second-order valence-corrected chi connectivity index (χ2v) is 8.61. The smallest absolute Gasteiger partial charge is 0.261 e. The normalized spacial score (nSPS) is 13.9. The highest BCUT2D eigenvalue weighted by atomic mass is 16.5. The standard InChI is InChI=1S/C26H34N2O5/c1-18-9-11-22(19(2)13-18)33-17-26(30)28(21-7-5-4-6-8-21)15-20-10-12-23(24(14-20)31-3)32-16-25(27)29/h9-14,21H,4-8,15-17H2,1-3H3,(H2,27,29). The van der Waals surface area contributed by atoms with E-state index in [1.54, 1.807) is 6.07 Å². The lowest BCUT2D eigenvalue weighted by Crippen LogP contribution is -2.43. The van der Waals surface area contributed by atoms with E-state index in [1.807, 2.05) is 49.1 Å². The summed E-state index contributed by atoms with van der Waals surface area (Å²) in [6.07, 6.45) is 5.43. The van der Waals surface area contributed by atoms with Crippen LogP contribution in [-0.4, -0.2) is 43.1 Å². The van der Waals surface area contributed by atoms with Gasteiger partial charge in [0.15, 0.2) is 24.7 Å². The van der Waals surface area contributed by atoms with Gasteiger partial charge in [0.05, 0.1) is 7.11 Å². The number of ether oxygens (including phenoxy) is 3. The van der Waals surface area contributed by atoms with Crippen LogP contribution in [0.1, 0.15) is 48.8 Å².